The largest absolute Gasteiger partial charge is 0.478 e. The van der Waals surface area contributed by atoms with Crippen molar-refractivity contribution in [2.75, 3.05) is 0 Å². The number of nitrogens with one attached hydrogen (secondary N) is 2. The number of hydrogen-bond donors (Lipinski definition) is 2. The number of amides is 2. The normalized spacial score (nSPS) is 11.8. The van der Waals surface area contributed by atoms with Gasteiger partial charge in [0.05, 0.1) is 11.9 Å². The minimum Gasteiger partial charge on any atom is -0.478 e. The quantitative estimate of drug-likeness (QED) is 0.497. The number of rotatable bonds is 6. The van der Waals surface area contributed by atoms with Gasteiger partial charge < -0.3 is 4.74 Å². The van der Waals surface area contributed by atoms with Crippen LogP contribution in [0.1, 0.15) is 12.5 Å². The highest BCUT2D eigenvalue weighted by atomic mass is 19.1. The van der Waals surface area contributed by atoms with Crippen LogP contribution in [0.2, 0.25) is 0 Å². The lowest BCUT2D eigenvalue weighted by molar-refractivity contribution is -0.131. The van der Waals surface area contributed by atoms with E-state index < -0.39 is 23.7 Å². The van der Waals surface area contributed by atoms with Crippen molar-refractivity contribution in [3.8, 4) is 11.4 Å². The number of aromatic nitrogens is 2. The van der Waals surface area contributed by atoms with Crippen molar-refractivity contribution < 1.29 is 18.7 Å². The van der Waals surface area contributed by atoms with Crippen molar-refractivity contribution in [2.24, 2.45) is 0 Å². The van der Waals surface area contributed by atoms with Gasteiger partial charge in [-0.1, -0.05) is 30.3 Å². The van der Waals surface area contributed by atoms with Crippen molar-refractivity contribution in [3.05, 3.63) is 84.4 Å². The van der Waals surface area contributed by atoms with Crippen LogP contribution < -0.4 is 15.6 Å². The second kappa shape index (κ2) is 9.32. The highest BCUT2D eigenvalue weighted by Gasteiger charge is 2.16. The second-order valence-electron chi connectivity index (χ2n) is 6.06. The first-order valence-corrected chi connectivity index (χ1v) is 8.82. The van der Waals surface area contributed by atoms with Crippen LogP contribution >= 0.6 is 0 Å². The Morgan fingerprint density at radius 2 is 1.83 bits per heavy atom. The van der Waals surface area contributed by atoms with Crippen LogP contribution in [-0.4, -0.2) is 27.7 Å². The Bertz CT molecular complexity index is 1020. The number of nitrogens with zero attached hydrogens (tertiary/aromatic N) is 2. The van der Waals surface area contributed by atoms with E-state index in [9.17, 15) is 14.0 Å². The highest BCUT2D eigenvalue weighted by molar-refractivity contribution is 5.93. The molecule has 2 amide bonds. The van der Waals surface area contributed by atoms with Crippen LogP contribution in [0.5, 0.6) is 5.75 Å². The molecule has 0 saturated heterocycles. The first kappa shape index (κ1) is 19.8. The number of ether oxygens (including phenoxy) is 1. The molecule has 3 rings (SSSR count). The summed E-state index contributed by atoms with van der Waals surface area (Å²) in [6.45, 7) is 1.45. The van der Waals surface area contributed by atoms with E-state index in [2.05, 4.69) is 16.0 Å². The Morgan fingerprint density at radius 1 is 1.10 bits per heavy atom. The molecule has 148 valence electrons. The van der Waals surface area contributed by atoms with Gasteiger partial charge in [-0.25, -0.2) is 9.07 Å². The number of para-hydroxylation sites is 2. The van der Waals surface area contributed by atoms with Gasteiger partial charge in [0.2, 0.25) is 0 Å². The maximum Gasteiger partial charge on any atom is 0.279 e. The summed E-state index contributed by atoms with van der Waals surface area (Å²) in [4.78, 5) is 23.9. The van der Waals surface area contributed by atoms with Crippen LogP contribution in [-0.2, 0) is 9.59 Å². The molecule has 1 atom stereocenters. The molecule has 0 fully saturated rings. The zero-order valence-electron chi connectivity index (χ0n) is 15.6. The number of carbonyl (C=O) groups excluding carboxylic acids is 2. The van der Waals surface area contributed by atoms with Gasteiger partial charge in [-0.05, 0) is 37.3 Å². The van der Waals surface area contributed by atoms with Gasteiger partial charge in [0.25, 0.3) is 11.8 Å². The van der Waals surface area contributed by atoms with Crippen LogP contribution in [0.4, 0.5) is 4.39 Å². The fraction of sp³-hybridized carbons (Fsp3) is 0.0952. The highest BCUT2D eigenvalue weighted by Crippen LogP contribution is 2.16. The summed E-state index contributed by atoms with van der Waals surface area (Å²) >= 11 is 0. The van der Waals surface area contributed by atoms with Gasteiger partial charge in [0, 0.05) is 17.8 Å². The summed E-state index contributed by atoms with van der Waals surface area (Å²) in [6, 6.07) is 15.3. The van der Waals surface area contributed by atoms with Crippen LogP contribution in [0.15, 0.2) is 73.1 Å². The van der Waals surface area contributed by atoms with Gasteiger partial charge in [-0.2, -0.15) is 5.10 Å². The van der Waals surface area contributed by atoms with Crippen LogP contribution in [0, 0.1) is 5.82 Å². The standard InChI is InChI=1S/C21H19FN4O3/c1-15(29-19-10-6-5-9-18(19)22)21(28)25-24-20(27)12-11-16-13-23-26(14-16)17-7-3-2-4-8-17/h2-15H,1H3,(H,24,27)(H,25,28)/b12-11+/t15-/m1/s1. The average Bonchev–Trinajstić information content (AvgIpc) is 3.22. The fourth-order valence-corrected chi connectivity index (χ4v) is 2.37. The Balaban J connectivity index is 1.49. The number of hydrogen-bond acceptors (Lipinski definition) is 4. The van der Waals surface area contributed by atoms with Gasteiger partial charge >= 0.3 is 0 Å². The Kier molecular flexibility index (Phi) is 6.36. The maximum atomic E-state index is 13.6. The molecule has 0 aliphatic heterocycles. The summed E-state index contributed by atoms with van der Waals surface area (Å²) in [6.07, 6.45) is 5.20. The first-order valence-electron chi connectivity index (χ1n) is 8.82. The molecule has 3 aromatic rings. The first-order chi connectivity index (χ1) is 14.0. The molecular formula is C21H19FN4O3. The molecule has 0 bridgehead atoms. The molecular weight excluding hydrogens is 375 g/mol. The SMILES string of the molecule is C[C@@H](Oc1ccccc1F)C(=O)NNC(=O)/C=C/c1cnn(-c2ccccc2)c1. The predicted molar refractivity (Wildman–Crippen MR) is 105 cm³/mol. The summed E-state index contributed by atoms with van der Waals surface area (Å²) < 4.78 is 20.5. The Labute approximate surface area is 166 Å². The average molecular weight is 394 g/mol. The number of carbonyl (C=O) groups is 2. The number of halogens is 1. The topological polar surface area (TPSA) is 85.2 Å². The lowest BCUT2D eigenvalue weighted by atomic mass is 10.3. The van der Waals surface area contributed by atoms with Crippen molar-refractivity contribution >= 4 is 17.9 Å². The lowest BCUT2D eigenvalue weighted by Crippen LogP contribution is -2.46. The molecule has 8 heteroatoms. The van der Waals surface area contributed by atoms with E-state index in [1.54, 1.807) is 29.2 Å². The summed E-state index contributed by atoms with van der Waals surface area (Å²) in [5.74, 6) is -1.78. The summed E-state index contributed by atoms with van der Waals surface area (Å²) in [5.41, 5.74) is 6.09. The van der Waals surface area contributed by atoms with Crippen molar-refractivity contribution in [1.29, 1.82) is 0 Å². The number of benzene rings is 2. The molecule has 0 unspecified atom stereocenters. The van der Waals surface area contributed by atoms with E-state index in [-0.39, 0.29) is 5.75 Å². The molecule has 2 N–H and O–H groups in total. The molecule has 1 aromatic heterocycles. The van der Waals surface area contributed by atoms with E-state index in [0.29, 0.717) is 5.56 Å². The van der Waals surface area contributed by atoms with E-state index >= 15 is 0 Å². The summed E-state index contributed by atoms with van der Waals surface area (Å²) in [5, 5.41) is 4.23. The molecule has 1 heterocycles. The monoisotopic (exact) mass is 394 g/mol. The minimum atomic E-state index is -1.000. The zero-order chi connectivity index (χ0) is 20.6. The lowest BCUT2D eigenvalue weighted by Gasteiger charge is -2.15. The van der Waals surface area contributed by atoms with Gasteiger partial charge in [0.15, 0.2) is 17.7 Å². The third-order valence-electron chi connectivity index (χ3n) is 3.87. The maximum absolute atomic E-state index is 13.6. The van der Waals surface area contributed by atoms with Crippen molar-refractivity contribution in [3.63, 3.8) is 0 Å². The molecule has 0 saturated carbocycles. The van der Waals surface area contributed by atoms with Gasteiger partial charge in [-0.15, -0.1) is 0 Å². The molecule has 0 spiro atoms. The van der Waals surface area contributed by atoms with E-state index in [0.717, 1.165) is 5.69 Å². The van der Waals surface area contributed by atoms with Crippen molar-refractivity contribution in [2.45, 2.75) is 13.0 Å². The van der Waals surface area contributed by atoms with Gasteiger partial charge in [0.1, 0.15) is 0 Å². The van der Waals surface area contributed by atoms with E-state index in [4.69, 9.17) is 4.74 Å². The Hall–Kier alpha value is -3.94. The predicted octanol–water partition coefficient (Wildman–Crippen LogP) is 2.64. The third-order valence-corrected chi connectivity index (χ3v) is 3.87. The van der Waals surface area contributed by atoms with E-state index in [1.165, 1.54) is 31.2 Å². The smallest absolute Gasteiger partial charge is 0.279 e. The van der Waals surface area contributed by atoms with Crippen molar-refractivity contribution in [1.82, 2.24) is 20.6 Å². The fourth-order valence-electron chi connectivity index (χ4n) is 2.37. The molecule has 0 aliphatic rings. The van der Waals surface area contributed by atoms with Crippen LogP contribution in [0.25, 0.3) is 11.8 Å². The molecule has 0 aliphatic carbocycles. The second-order valence-corrected chi connectivity index (χ2v) is 6.06. The third kappa shape index (κ3) is 5.52. The molecule has 0 radical (unpaired) electrons. The number of hydrazine groups is 1. The molecule has 7 nitrogen and oxygen atoms in total. The zero-order valence-corrected chi connectivity index (χ0v) is 15.6. The molecule has 29 heavy (non-hydrogen) atoms. The molecule has 2 aromatic carbocycles. The Morgan fingerprint density at radius 3 is 2.59 bits per heavy atom. The minimum absolute atomic E-state index is 0.0446. The van der Waals surface area contributed by atoms with Crippen LogP contribution in [0.3, 0.4) is 0 Å². The summed E-state index contributed by atoms with van der Waals surface area (Å²) in [7, 11) is 0. The van der Waals surface area contributed by atoms with Gasteiger partial charge in [-0.3, -0.25) is 20.4 Å². The van der Waals surface area contributed by atoms with E-state index in [1.807, 2.05) is 30.3 Å².